The van der Waals surface area contributed by atoms with Gasteiger partial charge in [-0.25, -0.2) is 4.98 Å². The van der Waals surface area contributed by atoms with Crippen LogP contribution >= 0.6 is 0 Å². The zero-order valence-corrected chi connectivity index (χ0v) is 7.34. The molecule has 0 aliphatic heterocycles. The summed E-state index contributed by atoms with van der Waals surface area (Å²) >= 11 is 0. The van der Waals surface area contributed by atoms with Gasteiger partial charge in [-0.1, -0.05) is 0 Å². The van der Waals surface area contributed by atoms with Crippen molar-refractivity contribution in [3.63, 3.8) is 0 Å². The van der Waals surface area contributed by atoms with Crippen LogP contribution in [0.4, 0.5) is 5.69 Å². The molecule has 0 radical (unpaired) electrons. The number of nitrogens with zero attached hydrogens (tertiary/aromatic N) is 2. The number of nitrogen functional groups attached to an aromatic ring is 1. The molecule has 0 atom stereocenters. The molecule has 14 heavy (non-hydrogen) atoms. The van der Waals surface area contributed by atoms with Crippen molar-refractivity contribution in [1.82, 2.24) is 9.38 Å². The standard InChI is InChI=1S/C9H9N3O2/c10-6-1-2-12-5-7(4-9(13)14)11-8(12)3-6/h1-3,5H,4,10H2,(H,13,14). The number of hydrogen-bond donors (Lipinski definition) is 2. The van der Waals surface area contributed by atoms with Gasteiger partial charge >= 0.3 is 5.97 Å². The van der Waals surface area contributed by atoms with Crippen LogP contribution in [0.25, 0.3) is 5.65 Å². The molecule has 0 unspecified atom stereocenters. The van der Waals surface area contributed by atoms with Crippen molar-refractivity contribution in [3.8, 4) is 0 Å². The highest BCUT2D eigenvalue weighted by atomic mass is 16.4. The lowest BCUT2D eigenvalue weighted by Gasteiger charge is -1.92. The van der Waals surface area contributed by atoms with Gasteiger partial charge in [0.15, 0.2) is 0 Å². The number of imidazole rings is 1. The van der Waals surface area contributed by atoms with Crippen LogP contribution in [0, 0.1) is 0 Å². The minimum atomic E-state index is -0.888. The van der Waals surface area contributed by atoms with Crippen molar-refractivity contribution in [3.05, 3.63) is 30.2 Å². The van der Waals surface area contributed by atoms with Gasteiger partial charge in [0, 0.05) is 24.1 Å². The molecule has 2 aromatic heterocycles. The van der Waals surface area contributed by atoms with Crippen molar-refractivity contribution < 1.29 is 9.90 Å². The Balaban J connectivity index is 2.46. The smallest absolute Gasteiger partial charge is 0.309 e. The third-order valence-corrected chi connectivity index (χ3v) is 1.87. The molecule has 2 rings (SSSR count). The maximum absolute atomic E-state index is 10.4. The third kappa shape index (κ3) is 1.52. The molecule has 3 N–H and O–H groups in total. The van der Waals surface area contributed by atoms with Crippen LogP contribution < -0.4 is 5.73 Å². The Kier molecular flexibility index (Phi) is 1.85. The van der Waals surface area contributed by atoms with Crippen molar-refractivity contribution in [1.29, 1.82) is 0 Å². The Bertz CT molecular complexity index is 490. The monoisotopic (exact) mass is 191 g/mol. The Morgan fingerprint density at radius 3 is 3.14 bits per heavy atom. The van der Waals surface area contributed by atoms with Crippen LogP contribution in [0.3, 0.4) is 0 Å². The van der Waals surface area contributed by atoms with Crippen molar-refractivity contribution in [2.45, 2.75) is 6.42 Å². The normalized spacial score (nSPS) is 10.6. The Hall–Kier alpha value is -2.04. The molecule has 2 heterocycles. The number of nitrogens with two attached hydrogens (primary N) is 1. The van der Waals surface area contributed by atoms with Crippen LogP contribution in [-0.4, -0.2) is 20.5 Å². The van der Waals surface area contributed by atoms with Gasteiger partial charge in [-0.15, -0.1) is 0 Å². The molecule has 72 valence electrons. The molecule has 0 saturated carbocycles. The van der Waals surface area contributed by atoms with Crippen LogP contribution in [0.2, 0.25) is 0 Å². The largest absolute Gasteiger partial charge is 0.481 e. The number of hydrogen-bond acceptors (Lipinski definition) is 3. The molecule has 0 aliphatic rings. The van der Waals surface area contributed by atoms with Crippen LogP contribution in [0.1, 0.15) is 5.69 Å². The number of rotatable bonds is 2. The summed E-state index contributed by atoms with van der Waals surface area (Å²) in [4.78, 5) is 14.6. The van der Waals surface area contributed by atoms with E-state index < -0.39 is 5.97 Å². The zero-order chi connectivity index (χ0) is 10.1. The van der Waals surface area contributed by atoms with E-state index in [9.17, 15) is 4.79 Å². The quantitative estimate of drug-likeness (QED) is 0.726. The fourth-order valence-electron chi connectivity index (χ4n) is 1.29. The molecule has 0 fully saturated rings. The SMILES string of the molecule is Nc1ccn2cc(CC(=O)O)nc2c1. The summed E-state index contributed by atoms with van der Waals surface area (Å²) in [5.74, 6) is -0.888. The number of aliphatic carboxylic acids is 1. The average Bonchev–Trinajstić information content (AvgIpc) is 2.44. The fraction of sp³-hybridized carbons (Fsp3) is 0.111. The fourth-order valence-corrected chi connectivity index (χ4v) is 1.29. The molecule has 2 aromatic rings. The molecule has 0 amide bonds. The summed E-state index contributed by atoms with van der Waals surface area (Å²) in [6.45, 7) is 0. The molecule has 5 nitrogen and oxygen atoms in total. The van der Waals surface area contributed by atoms with E-state index >= 15 is 0 Å². The topological polar surface area (TPSA) is 80.6 Å². The lowest BCUT2D eigenvalue weighted by Crippen LogP contribution is -1.99. The van der Waals surface area contributed by atoms with Crippen molar-refractivity contribution in [2.75, 3.05) is 5.73 Å². The van der Waals surface area contributed by atoms with E-state index in [1.807, 2.05) is 0 Å². The van der Waals surface area contributed by atoms with Crippen LogP contribution in [0.15, 0.2) is 24.5 Å². The van der Waals surface area contributed by atoms with Crippen LogP contribution in [0.5, 0.6) is 0 Å². The van der Waals surface area contributed by atoms with Gasteiger partial charge < -0.3 is 15.2 Å². The average molecular weight is 191 g/mol. The minimum Gasteiger partial charge on any atom is -0.481 e. The zero-order valence-electron chi connectivity index (χ0n) is 7.34. The van der Waals surface area contributed by atoms with Crippen molar-refractivity contribution >= 4 is 17.3 Å². The highest BCUT2D eigenvalue weighted by Crippen LogP contribution is 2.09. The van der Waals surface area contributed by atoms with Gasteiger partial charge in [-0.2, -0.15) is 0 Å². The third-order valence-electron chi connectivity index (χ3n) is 1.87. The first-order valence-corrected chi connectivity index (χ1v) is 4.10. The number of carbonyl (C=O) groups is 1. The second-order valence-electron chi connectivity index (χ2n) is 3.03. The molecule has 0 bridgehead atoms. The lowest BCUT2D eigenvalue weighted by molar-refractivity contribution is -0.136. The first-order valence-electron chi connectivity index (χ1n) is 4.10. The molecule has 5 heteroatoms. The predicted octanol–water partition coefficient (Wildman–Crippen LogP) is 0.544. The molecule has 0 aliphatic carbocycles. The number of aromatic nitrogens is 2. The summed E-state index contributed by atoms with van der Waals surface area (Å²) < 4.78 is 1.74. The molecule has 0 saturated heterocycles. The van der Waals surface area contributed by atoms with Crippen molar-refractivity contribution in [2.24, 2.45) is 0 Å². The van der Waals surface area contributed by atoms with E-state index in [4.69, 9.17) is 10.8 Å². The highest BCUT2D eigenvalue weighted by molar-refractivity contribution is 5.70. The van der Waals surface area contributed by atoms with Gasteiger partial charge in [0.2, 0.25) is 0 Å². The first-order chi connectivity index (χ1) is 6.65. The number of carboxylic acids is 1. The van der Waals surface area contributed by atoms with E-state index in [1.54, 1.807) is 28.9 Å². The first kappa shape index (κ1) is 8.55. The maximum atomic E-state index is 10.4. The second kappa shape index (κ2) is 3.02. The van der Waals surface area contributed by atoms with Gasteiger partial charge in [0.05, 0.1) is 12.1 Å². The van der Waals surface area contributed by atoms with E-state index in [1.165, 1.54) is 0 Å². The van der Waals surface area contributed by atoms with Gasteiger partial charge in [-0.3, -0.25) is 4.79 Å². The van der Waals surface area contributed by atoms with E-state index in [0.29, 0.717) is 17.0 Å². The van der Waals surface area contributed by atoms with Gasteiger partial charge in [0.1, 0.15) is 5.65 Å². The highest BCUT2D eigenvalue weighted by Gasteiger charge is 2.05. The molecule has 0 spiro atoms. The van der Waals surface area contributed by atoms with Gasteiger partial charge in [0.25, 0.3) is 0 Å². The molecular formula is C9H9N3O2. The minimum absolute atomic E-state index is 0.0679. The maximum Gasteiger partial charge on any atom is 0.309 e. The number of carboxylic acid groups (broad SMARTS) is 1. The predicted molar refractivity (Wildman–Crippen MR) is 50.9 cm³/mol. The van der Waals surface area contributed by atoms with E-state index in [2.05, 4.69) is 4.98 Å². The summed E-state index contributed by atoms with van der Waals surface area (Å²) in [5.41, 5.74) is 7.38. The molecular weight excluding hydrogens is 182 g/mol. The van der Waals surface area contributed by atoms with Gasteiger partial charge in [-0.05, 0) is 6.07 Å². The summed E-state index contributed by atoms with van der Waals surface area (Å²) in [5, 5.41) is 8.57. The summed E-state index contributed by atoms with van der Waals surface area (Å²) in [6.07, 6.45) is 3.37. The number of fused-ring (bicyclic) bond motifs is 1. The number of pyridine rings is 1. The van der Waals surface area contributed by atoms with E-state index in [-0.39, 0.29) is 6.42 Å². The lowest BCUT2D eigenvalue weighted by atomic mass is 10.3. The van der Waals surface area contributed by atoms with E-state index in [0.717, 1.165) is 0 Å². The Morgan fingerprint density at radius 2 is 2.43 bits per heavy atom. The summed E-state index contributed by atoms with van der Waals surface area (Å²) in [7, 11) is 0. The van der Waals surface area contributed by atoms with Crippen LogP contribution in [-0.2, 0) is 11.2 Å². The Labute approximate surface area is 79.8 Å². The second-order valence-corrected chi connectivity index (χ2v) is 3.03. The molecule has 0 aromatic carbocycles. The summed E-state index contributed by atoms with van der Waals surface area (Å²) in [6, 6.07) is 3.44. The Morgan fingerprint density at radius 1 is 1.64 bits per heavy atom. The number of anilines is 1.